The molecule has 96 valence electrons. The number of aliphatic hydroxyl groups is 2. The van der Waals surface area contributed by atoms with Gasteiger partial charge in [0.1, 0.15) is 0 Å². The van der Waals surface area contributed by atoms with Crippen molar-refractivity contribution in [3.05, 3.63) is 0 Å². The molecule has 3 heteroatoms. The van der Waals surface area contributed by atoms with E-state index in [0.29, 0.717) is 6.42 Å². The van der Waals surface area contributed by atoms with Gasteiger partial charge < -0.3 is 10.2 Å². The molecule has 0 bridgehead atoms. The molecule has 0 aliphatic rings. The topological polar surface area (TPSA) is 40.5 Å². The van der Waals surface area contributed by atoms with E-state index >= 15 is 0 Å². The Balaban J connectivity index is -0.00000000286. The first-order chi connectivity index (χ1) is 2.41. The van der Waals surface area contributed by atoms with E-state index in [1.165, 1.54) is 0 Å². The fourth-order valence-electron chi connectivity index (χ4n) is 0.0707. The van der Waals surface area contributed by atoms with Crippen LogP contribution in [0.1, 0.15) is 58.4 Å². The molecule has 13 heavy (non-hydrogen) atoms. The van der Waals surface area contributed by atoms with Crippen molar-refractivity contribution in [1.29, 1.82) is 0 Å². The summed E-state index contributed by atoms with van der Waals surface area (Å²) in [4.78, 5) is 0. The molecule has 0 atom stereocenters. The number of rotatable bonds is 2. The van der Waals surface area contributed by atoms with E-state index in [4.69, 9.17) is 10.2 Å². The second-order valence-electron chi connectivity index (χ2n) is 0.801. The Morgan fingerprint density at radius 2 is 0.692 bits per heavy atom. The summed E-state index contributed by atoms with van der Waals surface area (Å²) in [6.45, 7) is 0.188. The van der Waals surface area contributed by atoms with Gasteiger partial charge in [-0.25, -0.2) is 0 Å². The summed E-state index contributed by atoms with van der Waals surface area (Å²) in [5.41, 5.74) is 0. The van der Waals surface area contributed by atoms with Crippen molar-refractivity contribution in [3.63, 3.8) is 0 Å². The van der Waals surface area contributed by atoms with Gasteiger partial charge in [0.25, 0.3) is 0 Å². The molecule has 2 N–H and O–H groups in total. The van der Waals surface area contributed by atoms with Gasteiger partial charge in [0, 0.05) is 13.2 Å². The van der Waals surface area contributed by atoms with E-state index in [1.807, 2.05) is 0 Å². The zero-order valence-corrected chi connectivity index (χ0v) is 4.52. The Kier molecular flexibility index (Phi) is 1230. The molecular formula is C10H38O2S. The molecule has 2 nitrogen and oxygen atoms in total. The first-order valence-electron chi connectivity index (χ1n) is 1.63. The third kappa shape index (κ3) is 251. The van der Waals surface area contributed by atoms with Crippen molar-refractivity contribution >= 4 is 13.5 Å². The van der Waals surface area contributed by atoms with Crippen LogP contribution < -0.4 is 0 Å². The van der Waals surface area contributed by atoms with Crippen LogP contribution in [0.3, 0.4) is 0 Å². The van der Waals surface area contributed by atoms with E-state index in [0.717, 1.165) is 0 Å². The van der Waals surface area contributed by atoms with Gasteiger partial charge in [-0.3, -0.25) is 0 Å². The van der Waals surface area contributed by atoms with Gasteiger partial charge in [-0.15, -0.1) is 0 Å². The van der Waals surface area contributed by atoms with Crippen LogP contribution in [0, 0.1) is 0 Å². The summed E-state index contributed by atoms with van der Waals surface area (Å²) in [5.74, 6) is 0. The van der Waals surface area contributed by atoms with Gasteiger partial charge in [0.2, 0.25) is 0 Å². The van der Waals surface area contributed by atoms with Gasteiger partial charge in [-0.05, 0) is 6.42 Å². The van der Waals surface area contributed by atoms with Gasteiger partial charge >= 0.3 is 0 Å². The molecule has 0 rings (SSSR count). The molecule has 0 aromatic rings. The molecule has 0 radical (unpaired) electrons. The van der Waals surface area contributed by atoms with E-state index in [1.54, 1.807) is 0 Å². The van der Waals surface area contributed by atoms with Crippen molar-refractivity contribution in [2.75, 3.05) is 13.2 Å². The largest absolute Gasteiger partial charge is 0.396 e. The molecule has 0 aromatic carbocycles. The Morgan fingerprint density at radius 3 is 0.692 bits per heavy atom. The maximum atomic E-state index is 7.91. The van der Waals surface area contributed by atoms with Crippen LogP contribution in [-0.2, 0) is 0 Å². The van der Waals surface area contributed by atoms with Crippen molar-refractivity contribution in [1.82, 2.24) is 0 Å². The van der Waals surface area contributed by atoms with E-state index in [9.17, 15) is 0 Å². The minimum absolute atomic E-state index is 0. The highest BCUT2D eigenvalue weighted by Crippen LogP contribution is 1.65. The molecule has 0 fully saturated rings. The maximum Gasteiger partial charge on any atom is 0.0452 e. The molecular weight excluding hydrogens is 184 g/mol. The summed E-state index contributed by atoms with van der Waals surface area (Å²) in [6, 6.07) is 0. The lowest BCUT2D eigenvalue weighted by Gasteiger charge is -1.79. The van der Waals surface area contributed by atoms with Crippen LogP contribution in [0.25, 0.3) is 0 Å². The van der Waals surface area contributed by atoms with Crippen LogP contribution in [0.2, 0.25) is 0 Å². The normalized spacial score (nSPS) is 3.23. The number of hydrogen-bond acceptors (Lipinski definition) is 2. The van der Waals surface area contributed by atoms with Gasteiger partial charge in [-0.1, -0.05) is 52.0 Å². The molecule has 0 saturated heterocycles. The van der Waals surface area contributed by atoms with Crippen molar-refractivity contribution in [2.24, 2.45) is 0 Å². The summed E-state index contributed by atoms with van der Waals surface area (Å²) in [5, 5.41) is 15.8. The molecule has 0 aromatic heterocycles. The van der Waals surface area contributed by atoms with Crippen LogP contribution in [0.5, 0.6) is 0 Å². The summed E-state index contributed by atoms with van der Waals surface area (Å²) in [6.07, 6.45) is 0.500. The van der Waals surface area contributed by atoms with Crippen LogP contribution in [-0.4, -0.2) is 23.4 Å². The van der Waals surface area contributed by atoms with Crippen LogP contribution in [0.15, 0.2) is 0 Å². The molecule has 0 spiro atoms. The summed E-state index contributed by atoms with van der Waals surface area (Å²) in [7, 11) is 0. The molecule has 0 saturated carbocycles. The number of aliphatic hydroxyl groups excluding tert-OH is 2. The van der Waals surface area contributed by atoms with Crippen LogP contribution >= 0.6 is 13.5 Å². The predicted molar refractivity (Wildman–Crippen MR) is 76.3 cm³/mol. The Labute approximate surface area is 95.8 Å². The van der Waals surface area contributed by atoms with Crippen LogP contribution in [0.4, 0.5) is 0 Å². The highest BCUT2D eigenvalue weighted by Gasteiger charge is 1.70. The van der Waals surface area contributed by atoms with E-state index in [-0.39, 0.29) is 78.7 Å². The van der Waals surface area contributed by atoms with E-state index in [2.05, 4.69) is 0 Å². The molecule has 0 aliphatic heterocycles. The highest BCUT2D eigenvalue weighted by atomic mass is 32.1. The van der Waals surface area contributed by atoms with Crippen molar-refractivity contribution in [3.8, 4) is 0 Å². The third-order valence-electron chi connectivity index (χ3n) is 0.316. The fourth-order valence-corrected chi connectivity index (χ4v) is 0.0707. The monoisotopic (exact) mass is 222 g/mol. The molecule has 0 aliphatic carbocycles. The summed E-state index contributed by atoms with van der Waals surface area (Å²) >= 11 is 0. The average molecular weight is 222 g/mol. The second-order valence-corrected chi connectivity index (χ2v) is 0.801. The first kappa shape index (κ1) is 110. The fraction of sp³-hybridized carbons (Fsp3) is 1.00. The van der Waals surface area contributed by atoms with Crippen molar-refractivity contribution in [2.45, 2.75) is 58.4 Å². The first-order valence-corrected chi connectivity index (χ1v) is 1.63. The smallest absolute Gasteiger partial charge is 0.0452 e. The highest BCUT2D eigenvalue weighted by molar-refractivity contribution is 7.59. The quantitative estimate of drug-likeness (QED) is 0.743. The Morgan fingerprint density at radius 1 is 0.538 bits per heavy atom. The summed E-state index contributed by atoms with van der Waals surface area (Å²) < 4.78 is 0. The zero-order valence-electron chi connectivity index (χ0n) is 3.52. The zero-order chi connectivity index (χ0) is 4.12. The Hall–Kier alpha value is 0.270. The molecule has 0 heterocycles. The molecule has 0 amide bonds. The van der Waals surface area contributed by atoms with E-state index < -0.39 is 0 Å². The minimum atomic E-state index is 0. The minimum Gasteiger partial charge on any atom is -0.396 e. The lowest BCUT2D eigenvalue weighted by Crippen LogP contribution is -1.85. The lowest BCUT2D eigenvalue weighted by molar-refractivity contribution is 0.221. The maximum absolute atomic E-state index is 7.91. The average Bonchev–Trinajstić information content (AvgIpc) is 1.41. The SMILES string of the molecule is C.C.C.C.C.C.C.OCCCO.S. The predicted octanol–water partition coefficient (Wildman–Crippen LogP) is 3.93. The second kappa shape index (κ2) is 146. The lowest BCUT2D eigenvalue weighted by atomic mass is 10.5. The van der Waals surface area contributed by atoms with Gasteiger partial charge in [0.05, 0.1) is 0 Å². The van der Waals surface area contributed by atoms with Gasteiger partial charge in [0.15, 0.2) is 0 Å². The molecule has 0 unspecified atom stereocenters. The van der Waals surface area contributed by atoms with Crippen molar-refractivity contribution < 1.29 is 10.2 Å². The number of hydrogen-bond donors (Lipinski definition) is 2. The van der Waals surface area contributed by atoms with Gasteiger partial charge in [-0.2, -0.15) is 13.5 Å². The Bertz CT molecular complexity index is 20.4. The third-order valence-corrected chi connectivity index (χ3v) is 0.316. The standard InChI is InChI=1S/C3H8O2.7CH4.H2S/c4-2-1-3-5;;;;;;;;/h4-5H,1-3H2;7*1H4;1H2.